The second-order valence-electron chi connectivity index (χ2n) is 6.91. The van der Waals surface area contributed by atoms with Crippen molar-refractivity contribution in [3.63, 3.8) is 0 Å². The molecule has 0 fully saturated rings. The number of benzene rings is 4. The third-order valence-corrected chi connectivity index (χ3v) is 14.8. The summed E-state index contributed by atoms with van der Waals surface area (Å²) in [5.74, 6) is -3.52. The summed E-state index contributed by atoms with van der Waals surface area (Å²) in [5.41, 5.74) is 0. The monoisotopic (exact) mass is 686 g/mol. The SMILES string of the molecule is ClP(c1ccc(Br)cc1)(c1ccc(Br)cc1)(c1ccc(Br)cc1)c1ccc(Br)cc1. The molecule has 6 heteroatoms. The van der Waals surface area contributed by atoms with E-state index < -0.39 is 5.96 Å². The first-order valence-electron chi connectivity index (χ1n) is 9.10. The molecule has 0 saturated heterocycles. The van der Waals surface area contributed by atoms with Crippen LogP contribution in [0.5, 0.6) is 0 Å². The fourth-order valence-electron chi connectivity index (χ4n) is 3.78. The van der Waals surface area contributed by atoms with E-state index in [4.69, 9.17) is 11.2 Å². The van der Waals surface area contributed by atoms with Crippen LogP contribution in [0.2, 0.25) is 0 Å². The fraction of sp³-hybridized carbons (Fsp3) is 0. The van der Waals surface area contributed by atoms with Crippen molar-refractivity contribution >= 4 is 102 Å². The number of hydrogen-bond acceptors (Lipinski definition) is 0. The Morgan fingerprint density at radius 2 is 0.533 bits per heavy atom. The van der Waals surface area contributed by atoms with Crippen molar-refractivity contribution in [2.75, 3.05) is 0 Å². The Hall–Kier alpha value is -0.480. The standard InChI is InChI=1S/C24H16Br4ClP/c25-17-1-9-21(10-2-17)30(29,22-11-3-18(26)4-12-22,23-13-5-19(27)6-14-23)24-15-7-20(28)8-16-24/h1-16H. The minimum absolute atomic E-state index is 1.02. The Morgan fingerprint density at radius 1 is 0.367 bits per heavy atom. The minimum atomic E-state index is -3.52. The molecule has 0 amide bonds. The molecule has 0 aromatic heterocycles. The van der Waals surface area contributed by atoms with Crippen LogP contribution in [0, 0.1) is 0 Å². The molecule has 0 nitrogen and oxygen atoms in total. The number of rotatable bonds is 4. The van der Waals surface area contributed by atoms with Gasteiger partial charge in [-0.25, -0.2) is 0 Å². The number of hydrogen-bond donors (Lipinski definition) is 0. The van der Waals surface area contributed by atoms with Crippen molar-refractivity contribution in [1.82, 2.24) is 0 Å². The number of halogens is 5. The Kier molecular flexibility index (Phi) is 6.67. The van der Waals surface area contributed by atoms with Crippen LogP contribution in [0.1, 0.15) is 0 Å². The molecule has 152 valence electrons. The van der Waals surface area contributed by atoms with Crippen molar-refractivity contribution in [2.24, 2.45) is 0 Å². The van der Waals surface area contributed by atoms with Crippen LogP contribution in [0.15, 0.2) is 115 Å². The summed E-state index contributed by atoms with van der Waals surface area (Å²) in [6.45, 7) is 0. The zero-order chi connectivity index (χ0) is 21.4. The normalized spacial score (nSPS) is 12.9. The first kappa shape index (κ1) is 22.7. The van der Waals surface area contributed by atoms with E-state index in [2.05, 4.69) is 161 Å². The molecule has 0 aliphatic carbocycles. The van der Waals surface area contributed by atoms with E-state index >= 15 is 0 Å². The molecule has 0 radical (unpaired) electrons. The van der Waals surface area contributed by atoms with Crippen molar-refractivity contribution in [3.05, 3.63) is 115 Å². The Morgan fingerprint density at radius 3 is 0.700 bits per heavy atom. The van der Waals surface area contributed by atoms with Gasteiger partial charge in [-0.05, 0) is 0 Å². The van der Waals surface area contributed by atoms with Gasteiger partial charge in [-0.3, -0.25) is 0 Å². The molecule has 0 saturated carbocycles. The molecule has 0 atom stereocenters. The summed E-state index contributed by atoms with van der Waals surface area (Å²) in [4.78, 5) is 0. The average Bonchev–Trinajstić information content (AvgIpc) is 2.75. The van der Waals surface area contributed by atoms with Crippen LogP contribution in [-0.4, -0.2) is 0 Å². The summed E-state index contributed by atoms with van der Waals surface area (Å²) in [5, 5.41) is 4.38. The predicted octanol–water partition coefficient (Wildman–Crippen LogP) is 8.05. The summed E-state index contributed by atoms with van der Waals surface area (Å²) in [6.07, 6.45) is 0. The summed E-state index contributed by atoms with van der Waals surface area (Å²) < 4.78 is 4.09. The average molecular weight is 690 g/mol. The molecule has 0 spiro atoms. The maximum absolute atomic E-state index is 8.18. The first-order chi connectivity index (χ1) is 14.3. The van der Waals surface area contributed by atoms with E-state index in [0.29, 0.717) is 0 Å². The van der Waals surface area contributed by atoms with Crippen molar-refractivity contribution in [1.29, 1.82) is 0 Å². The van der Waals surface area contributed by atoms with Crippen LogP contribution in [0.4, 0.5) is 0 Å². The third kappa shape index (κ3) is 3.78. The van der Waals surface area contributed by atoms with Gasteiger partial charge in [-0.15, -0.1) is 0 Å². The summed E-state index contributed by atoms with van der Waals surface area (Å²) in [7, 11) is 0. The molecule has 0 heterocycles. The van der Waals surface area contributed by atoms with Crippen molar-refractivity contribution in [3.8, 4) is 0 Å². The molecule has 0 aliphatic heterocycles. The van der Waals surface area contributed by atoms with E-state index in [0.717, 1.165) is 39.1 Å². The van der Waals surface area contributed by atoms with Gasteiger partial charge in [0.2, 0.25) is 0 Å². The maximum atomic E-state index is 8.18. The van der Waals surface area contributed by atoms with E-state index in [-0.39, 0.29) is 0 Å². The molecule has 0 N–H and O–H groups in total. The second-order valence-corrected chi connectivity index (χ2v) is 16.7. The van der Waals surface area contributed by atoms with Gasteiger partial charge >= 0.3 is 217 Å². The van der Waals surface area contributed by atoms with Crippen LogP contribution in [0.25, 0.3) is 0 Å². The Labute approximate surface area is 215 Å². The quantitative estimate of drug-likeness (QED) is 0.190. The molecule has 4 aromatic carbocycles. The first-order valence-corrected chi connectivity index (χ1v) is 15.4. The molecule has 30 heavy (non-hydrogen) atoms. The predicted molar refractivity (Wildman–Crippen MR) is 148 cm³/mol. The molecule has 0 aliphatic rings. The molecular weight excluding hydrogens is 674 g/mol. The fourth-order valence-corrected chi connectivity index (χ4v) is 10.8. The van der Waals surface area contributed by atoms with E-state index in [1.807, 2.05) is 0 Å². The molecule has 0 unspecified atom stereocenters. The van der Waals surface area contributed by atoms with Crippen LogP contribution < -0.4 is 21.2 Å². The van der Waals surface area contributed by atoms with Crippen LogP contribution >= 0.6 is 80.9 Å². The molecule has 0 bridgehead atoms. The zero-order valence-corrected chi connectivity index (χ0v) is 23.6. The van der Waals surface area contributed by atoms with Gasteiger partial charge in [0, 0.05) is 0 Å². The van der Waals surface area contributed by atoms with Crippen molar-refractivity contribution in [2.45, 2.75) is 0 Å². The van der Waals surface area contributed by atoms with Gasteiger partial charge in [0.05, 0.1) is 0 Å². The van der Waals surface area contributed by atoms with Crippen molar-refractivity contribution < 1.29 is 0 Å². The van der Waals surface area contributed by atoms with Gasteiger partial charge in [-0.2, -0.15) is 0 Å². The molecule has 4 aromatic rings. The zero-order valence-electron chi connectivity index (χ0n) is 15.6. The summed E-state index contributed by atoms with van der Waals surface area (Å²) in [6, 6.07) is 33.6. The van der Waals surface area contributed by atoms with Crippen LogP contribution in [-0.2, 0) is 0 Å². The van der Waals surface area contributed by atoms with Gasteiger partial charge in [0.1, 0.15) is 0 Å². The Balaban J connectivity index is 2.20. The second kappa shape index (κ2) is 8.81. The molecule has 4 rings (SSSR count). The van der Waals surface area contributed by atoms with Gasteiger partial charge in [-0.1, -0.05) is 0 Å². The molecular formula is C24H16Br4ClP. The van der Waals surface area contributed by atoms with E-state index in [1.54, 1.807) is 0 Å². The van der Waals surface area contributed by atoms with E-state index in [1.165, 1.54) is 0 Å². The van der Waals surface area contributed by atoms with E-state index in [9.17, 15) is 0 Å². The van der Waals surface area contributed by atoms with Gasteiger partial charge in [0.15, 0.2) is 0 Å². The van der Waals surface area contributed by atoms with Crippen LogP contribution in [0.3, 0.4) is 0 Å². The Bertz CT molecular complexity index is 979. The van der Waals surface area contributed by atoms with Gasteiger partial charge < -0.3 is 0 Å². The topological polar surface area (TPSA) is 0 Å². The summed E-state index contributed by atoms with van der Waals surface area (Å²) >= 11 is 22.5. The third-order valence-electron chi connectivity index (χ3n) is 5.25. The van der Waals surface area contributed by atoms with Gasteiger partial charge in [0.25, 0.3) is 0 Å².